The first-order chi connectivity index (χ1) is 16.7. The maximum atomic E-state index is 13.5. The largest absolute Gasteiger partial charge is 0.398 e. The topological polar surface area (TPSA) is 110 Å². The maximum absolute atomic E-state index is 13.5. The highest BCUT2D eigenvalue weighted by atomic mass is 16.2. The van der Waals surface area contributed by atoms with Crippen LogP contribution in [-0.2, 0) is 0 Å². The summed E-state index contributed by atoms with van der Waals surface area (Å²) in [5.41, 5.74) is 18.4. The second kappa shape index (κ2) is 8.27. The SMILES string of the molecule is Cc1cc(C)c(N2CCN(C(=O)c3cc(N)c4c(c3N)C(=O)c3ccccc3C4=O)CC2)c(C)c1. The fourth-order valence-electron chi connectivity index (χ4n) is 5.50. The molecular weight excluding hydrogens is 440 g/mol. The minimum absolute atomic E-state index is 0.0136. The van der Waals surface area contributed by atoms with Crippen molar-refractivity contribution in [2.45, 2.75) is 20.8 Å². The van der Waals surface area contributed by atoms with Gasteiger partial charge in [0.25, 0.3) is 5.91 Å². The first-order valence-electron chi connectivity index (χ1n) is 11.7. The van der Waals surface area contributed by atoms with E-state index in [1.807, 2.05) is 0 Å². The highest BCUT2D eigenvalue weighted by Crippen LogP contribution is 2.37. The third kappa shape index (κ3) is 3.55. The minimum Gasteiger partial charge on any atom is -0.398 e. The van der Waals surface area contributed by atoms with Gasteiger partial charge in [-0.1, -0.05) is 42.0 Å². The molecule has 0 aromatic heterocycles. The molecule has 2 aliphatic rings. The van der Waals surface area contributed by atoms with Crippen LogP contribution in [0.15, 0.2) is 42.5 Å². The zero-order valence-electron chi connectivity index (χ0n) is 20.1. The number of aryl methyl sites for hydroxylation is 3. The van der Waals surface area contributed by atoms with Gasteiger partial charge in [-0.3, -0.25) is 14.4 Å². The summed E-state index contributed by atoms with van der Waals surface area (Å²) in [7, 11) is 0. The van der Waals surface area contributed by atoms with Crippen molar-refractivity contribution in [3.8, 4) is 0 Å². The molecule has 178 valence electrons. The number of hydrogen-bond acceptors (Lipinski definition) is 6. The number of rotatable bonds is 2. The highest BCUT2D eigenvalue weighted by Gasteiger charge is 2.36. The van der Waals surface area contributed by atoms with Gasteiger partial charge in [-0.15, -0.1) is 0 Å². The van der Waals surface area contributed by atoms with Crippen molar-refractivity contribution >= 4 is 34.5 Å². The number of anilines is 3. The Hall–Kier alpha value is -4.13. The van der Waals surface area contributed by atoms with E-state index >= 15 is 0 Å². The lowest BCUT2D eigenvalue weighted by Gasteiger charge is -2.38. The van der Waals surface area contributed by atoms with Crippen molar-refractivity contribution in [3.05, 3.63) is 87.0 Å². The lowest BCUT2D eigenvalue weighted by Crippen LogP contribution is -2.49. The van der Waals surface area contributed by atoms with E-state index in [1.54, 1.807) is 29.2 Å². The Labute approximate surface area is 204 Å². The molecule has 1 saturated heterocycles. The Balaban J connectivity index is 1.43. The third-order valence-electron chi connectivity index (χ3n) is 7.02. The van der Waals surface area contributed by atoms with Crippen LogP contribution in [0.4, 0.5) is 17.1 Å². The predicted octanol–water partition coefficient (Wildman–Crippen LogP) is 3.51. The first-order valence-corrected chi connectivity index (χ1v) is 11.7. The van der Waals surface area contributed by atoms with Crippen molar-refractivity contribution in [3.63, 3.8) is 0 Å². The molecule has 4 N–H and O–H groups in total. The number of nitrogens with two attached hydrogens (primary N) is 2. The van der Waals surface area contributed by atoms with Crippen LogP contribution in [0.5, 0.6) is 0 Å². The molecule has 0 radical (unpaired) electrons. The van der Waals surface area contributed by atoms with Crippen molar-refractivity contribution in [2.24, 2.45) is 0 Å². The normalized spacial score (nSPS) is 15.2. The number of carbonyl (C=O) groups excluding carboxylic acids is 3. The predicted molar refractivity (Wildman–Crippen MR) is 137 cm³/mol. The second-order valence-electron chi connectivity index (χ2n) is 9.41. The van der Waals surface area contributed by atoms with Gasteiger partial charge in [-0.05, 0) is 38.0 Å². The average molecular weight is 469 g/mol. The molecule has 1 heterocycles. The highest BCUT2D eigenvalue weighted by molar-refractivity contribution is 6.32. The molecule has 1 fully saturated rings. The van der Waals surface area contributed by atoms with Gasteiger partial charge in [0.1, 0.15) is 0 Å². The van der Waals surface area contributed by atoms with Gasteiger partial charge >= 0.3 is 0 Å². The van der Waals surface area contributed by atoms with Gasteiger partial charge < -0.3 is 21.3 Å². The van der Waals surface area contributed by atoms with Crippen molar-refractivity contribution in [2.75, 3.05) is 42.5 Å². The summed E-state index contributed by atoms with van der Waals surface area (Å²) < 4.78 is 0. The fourth-order valence-corrected chi connectivity index (χ4v) is 5.50. The lowest BCUT2D eigenvalue weighted by atomic mass is 9.81. The van der Waals surface area contributed by atoms with Crippen LogP contribution in [0, 0.1) is 20.8 Å². The number of fused-ring (bicyclic) bond motifs is 2. The number of carbonyl (C=O) groups is 3. The van der Waals surface area contributed by atoms with E-state index in [-0.39, 0.29) is 51.1 Å². The Morgan fingerprint density at radius 3 is 1.91 bits per heavy atom. The monoisotopic (exact) mass is 468 g/mol. The summed E-state index contributed by atoms with van der Waals surface area (Å²) in [4.78, 5) is 43.8. The standard InChI is InChI=1S/C28H28N4O3/c1-15-12-16(2)25(17(3)13-15)31-8-10-32(11-9-31)28(35)20-14-21(29)22-23(24(20)30)27(34)19-7-5-4-6-18(19)26(22)33/h4-7,12-14H,8-11,29-30H2,1-3H3. The van der Waals surface area contributed by atoms with E-state index in [9.17, 15) is 14.4 Å². The quantitative estimate of drug-likeness (QED) is 0.436. The van der Waals surface area contributed by atoms with Gasteiger partial charge in [0.15, 0.2) is 11.6 Å². The van der Waals surface area contributed by atoms with E-state index in [4.69, 9.17) is 11.5 Å². The first kappa shape index (κ1) is 22.7. The molecule has 3 aromatic rings. The molecule has 7 heteroatoms. The Kier molecular flexibility index (Phi) is 5.35. The van der Waals surface area contributed by atoms with Crippen molar-refractivity contribution in [1.29, 1.82) is 0 Å². The molecule has 0 bridgehead atoms. The molecule has 1 aliphatic carbocycles. The van der Waals surface area contributed by atoms with Crippen LogP contribution < -0.4 is 16.4 Å². The number of benzene rings is 3. The van der Waals surface area contributed by atoms with Crippen LogP contribution in [0.2, 0.25) is 0 Å². The number of nitrogen functional groups attached to an aromatic ring is 2. The zero-order chi connectivity index (χ0) is 25.0. The molecule has 0 saturated carbocycles. The smallest absolute Gasteiger partial charge is 0.256 e. The summed E-state index contributed by atoms with van der Waals surface area (Å²) in [6, 6.07) is 12.4. The second-order valence-corrected chi connectivity index (χ2v) is 9.41. The number of ketones is 2. The van der Waals surface area contributed by atoms with Crippen LogP contribution in [0.1, 0.15) is 58.9 Å². The van der Waals surface area contributed by atoms with E-state index < -0.39 is 0 Å². The number of nitrogens with zero attached hydrogens (tertiary/aromatic N) is 2. The molecule has 1 amide bonds. The molecule has 0 atom stereocenters. The Morgan fingerprint density at radius 2 is 1.34 bits per heavy atom. The summed E-state index contributed by atoms with van der Waals surface area (Å²) >= 11 is 0. The summed E-state index contributed by atoms with van der Waals surface area (Å²) in [6.07, 6.45) is 0. The average Bonchev–Trinajstić information content (AvgIpc) is 2.83. The molecule has 35 heavy (non-hydrogen) atoms. The molecule has 3 aromatic carbocycles. The number of piperazine rings is 1. The van der Waals surface area contributed by atoms with Gasteiger partial charge in [0, 0.05) is 48.7 Å². The van der Waals surface area contributed by atoms with Gasteiger partial charge in [-0.25, -0.2) is 0 Å². The molecule has 0 unspecified atom stereocenters. The van der Waals surface area contributed by atoms with Crippen LogP contribution in [0.3, 0.4) is 0 Å². The lowest BCUT2D eigenvalue weighted by molar-refractivity contribution is 0.0747. The van der Waals surface area contributed by atoms with Crippen molar-refractivity contribution in [1.82, 2.24) is 4.90 Å². The van der Waals surface area contributed by atoms with Crippen molar-refractivity contribution < 1.29 is 14.4 Å². The molecule has 1 aliphatic heterocycles. The number of hydrogen-bond donors (Lipinski definition) is 2. The molecule has 7 nitrogen and oxygen atoms in total. The van der Waals surface area contributed by atoms with Gasteiger partial charge in [-0.2, -0.15) is 0 Å². The van der Waals surface area contributed by atoms with Crippen LogP contribution in [0.25, 0.3) is 0 Å². The van der Waals surface area contributed by atoms with E-state index in [0.29, 0.717) is 31.7 Å². The zero-order valence-corrected chi connectivity index (χ0v) is 20.1. The maximum Gasteiger partial charge on any atom is 0.256 e. The molecule has 5 rings (SSSR count). The number of amides is 1. The Morgan fingerprint density at radius 1 is 0.800 bits per heavy atom. The minimum atomic E-state index is -0.385. The van der Waals surface area contributed by atoms with E-state index in [0.717, 1.165) is 0 Å². The molecular formula is C28H28N4O3. The summed E-state index contributed by atoms with van der Waals surface area (Å²) in [5.74, 6) is -1.02. The third-order valence-corrected chi connectivity index (χ3v) is 7.02. The Bertz CT molecular complexity index is 1390. The van der Waals surface area contributed by atoms with E-state index in [1.165, 1.54) is 28.4 Å². The fraction of sp³-hybridized carbons (Fsp3) is 0.250. The summed E-state index contributed by atoms with van der Waals surface area (Å²) in [5, 5.41) is 0. The van der Waals surface area contributed by atoms with Crippen LogP contribution >= 0.6 is 0 Å². The molecule has 0 spiro atoms. The van der Waals surface area contributed by atoms with E-state index in [2.05, 4.69) is 37.8 Å². The summed E-state index contributed by atoms with van der Waals surface area (Å²) in [6.45, 7) is 8.70. The van der Waals surface area contributed by atoms with Gasteiger partial charge in [0.2, 0.25) is 0 Å². The van der Waals surface area contributed by atoms with Crippen LogP contribution in [-0.4, -0.2) is 48.6 Å². The van der Waals surface area contributed by atoms with Gasteiger partial charge in [0.05, 0.1) is 22.4 Å².